The molecule has 3 saturated heterocycles. The van der Waals surface area contributed by atoms with E-state index in [4.69, 9.17) is 26.2 Å². The van der Waals surface area contributed by atoms with Crippen molar-refractivity contribution in [2.75, 3.05) is 25.1 Å². The lowest BCUT2D eigenvalue weighted by Crippen LogP contribution is -2.53. The summed E-state index contributed by atoms with van der Waals surface area (Å²) in [6.45, 7) is 6.29. The third-order valence-corrected chi connectivity index (χ3v) is 8.56. The number of unbranched alkanes of at least 4 members (excludes halogenated alkanes) is 3. The first-order chi connectivity index (χ1) is 17.3. The molecule has 8 nitrogen and oxygen atoms in total. The fourth-order valence-electron chi connectivity index (χ4n) is 6.58. The Labute approximate surface area is 217 Å². The molecule has 2 N–H and O–H groups in total. The van der Waals surface area contributed by atoms with E-state index in [-0.39, 0.29) is 25.0 Å². The summed E-state index contributed by atoms with van der Waals surface area (Å²) in [4.78, 5) is 42.7. The number of rotatable bonds is 11. The highest BCUT2D eigenvalue weighted by Gasteiger charge is 2.78. The molecule has 3 fully saturated rings. The maximum Gasteiger partial charge on any atom is 0.312 e. The number of halogens is 1. The quantitative estimate of drug-likeness (QED) is 0.339. The van der Waals surface area contributed by atoms with E-state index < -0.39 is 35.0 Å². The summed E-state index contributed by atoms with van der Waals surface area (Å²) < 4.78 is 12.1. The average molecular weight is 521 g/mol. The van der Waals surface area contributed by atoms with Gasteiger partial charge in [-0.1, -0.05) is 43.5 Å². The number of aryl methyl sites for hydroxylation is 1. The van der Waals surface area contributed by atoms with Gasteiger partial charge in [0.1, 0.15) is 17.6 Å². The highest BCUT2D eigenvalue weighted by atomic mass is 35.5. The van der Waals surface area contributed by atoms with Crippen molar-refractivity contribution in [2.24, 2.45) is 11.8 Å². The summed E-state index contributed by atoms with van der Waals surface area (Å²) in [5.74, 6) is -2.49. The lowest BCUT2D eigenvalue weighted by Gasteiger charge is -2.33. The first kappa shape index (κ1) is 26.9. The van der Waals surface area contributed by atoms with E-state index in [1.807, 2.05) is 26.0 Å². The summed E-state index contributed by atoms with van der Waals surface area (Å²) in [5, 5.41) is 12.5. The molecule has 2 bridgehead atoms. The maximum atomic E-state index is 14.0. The minimum atomic E-state index is -1.09. The van der Waals surface area contributed by atoms with Crippen LogP contribution in [0.4, 0.5) is 5.69 Å². The largest absolute Gasteiger partial charge is 0.466 e. The minimum Gasteiger partial charge on any atom is -0.466 e. The minimum absolute atomic E-state index is 0.129. The third-order valence-electron chi connectivity index (χ3n) is 8.25. The zero-order valence-corrected chi connectivity index (χ0v) is 22.1. The number of fused-ring (bicyclic) bond motifs is 1. The van der Waals surface area contributed by atoms with Crippen LogP contribution in [0.2, 0.25) is 5.02 Å². The van der Waals surface area contributed by atoms with E-state index >= 15 is 0 Å². The first-order valence-electron chi connectivity index (χ1n) is 13.1. The van der Waals surface area contributed by atoms with Gasteiger partial charge in [0.05, 0.1) is 28.8 Å². The average Bonchev–Trinajstić information content (AvgIpc) is 3.45. The van der Waals surface area contributed by atoms with Gasteiger partial charge in [0.2, 0.25) is 11.8 Å². The zero-order chi connectivity index (χ0) is 26.1. The molecule has 2 amide bonds. The van der Waals surface area contributed by atoms with Gasteiger partial charge in [0.25, 0.3) is 0 Å². The van der Waals surface area contributed by atoms with Crippen molar-refractivity contribution >= 4 is 35.1 Å². The van der Waals surface area contributed by atoms with Gasteiger partial charge in [-0.15, -0.1) is 0 Å². The number of esters is 1. The van der Waals surface area contributed by atoms with Gasteiger partial charge in [-0.3, -0.25) is 14.4 Å². The Kier molecular flexibility index (Phi) is 7.98. The van der Waals surface area contributed by atoms with E-state index in [0.29, 0.717) is 49.4 Å². The number of benzene rings is 1. The Balaban J connectivity index is 1.70. The number of likely N-dealkylation sites (tertiary alicyclic amines) is 1. The van der Waals surface area contributed by atoms with E-state index in [1.165, 1.54) is 0 Å². The molecule has 0 radical (unpaired) electrons. The number of aliphatic hydroxyl groups excluding tert-OH is 1. The number of carbonyl (C=O) groups excluding carboxylic acids is 3. The normalized spacial score (nSPS) is 30.5. The van der Waals surface area contributed by atoms with Crippen molar-refractivity contribution in [3.8, 4) is 0 Å². The topological polar surface area (TPSA) is 105 Å². The number of nitrogens with one attached hydrogen (secondary N) is 1. The molecule has 0 aromatic heterocycles. The number of para-hydroxylation sites is 1. The lowest BCUT2D eigenvalue weighted by atomic mass is 9.65. The van der Waals surface area contributed by atoms with Crippen molar-refractivity contribution in [1.82, 2.24) is 4.90 Å². The number of anilines is 1. The molecule has 4 rings (SSSR count). The van der Waals surface area contributed by atoms with Crippen LogP contribution < -0.4 is 5.32 Å². The van der Waals surface area contributed by atoms with Crippen LogP contribution in [0.5, 0.6) is 0 Å². The van der Waals surface area contributed by atoms with E-state index in [1.54, 1.807) is 17.9 Å². The van der Waals surface area contributed by atoms with E-state index in [9.17, 15) is 14.4 Å². The Bertz CT molecular complexity index is 998. The molecule has 36 heavy (non-hydrogen) atoms. The second-order valence-electron chi connectivity index (χ2n) is 10.2. The lowest BCUT2D eigenvalue weighted by molar-refractivity contribution is -0.160. The first-order valence-corrected chi connectivity index (χ1v) is 13.5. The molecule has 1 spiro atoms. The molecular formula is C27H37ClN2O6. The van der Waals surface area contributed by atoms with Crippen LogP contribution in [0, 0.1) is 18.8 Å². The van der Waals surface area contributed by atoms with Gasteiger partial charge in [0, 0.05) is 13.2 Å². The SMILES string of the molecule is CCOC(=O)[C@H]1[C@H]2C(=O)N(CCCCCCO)C(C(=O)Nc3c(C)cccc3Cl)C23CC[C@]1(CC)O3. The molecule has 1 aromatic carbocycles. The van der Waals surface area contributed by atoms with Crippen LogP contribution in [0.25, 0.3) is 0 Å². The van der Waals surface area contributed by atoms with Crippen LogP contribution in [-0.2, 0) is 23.9 Å². The van der Waals surface area contributed by atoms with Crippen LogP contribution in [-0.4, -0.2) is 64.8 Å². The Morgan fingerprint density at radius 3 is 2.64 bits per heavy atom. The Hall–Kier alpha value is -2.16. The summed E-state index contributed by atoms with van der Waals surface area (Å²) >= 11 is 6.40. The second-order valence-corrected chi connectivity index (χ2v) is 10.6. The van der Waals surface area contributed by atoms with Gasteiger partial charge in [-0.05, 0) is 57.6 Å². The van der Waals surface area contributed by atoms with E-state index in [2.05, 4.69) is 5.32 Å². The maximum absolute atomic E-state index is 14.0. The fraction of sp³-hybridized carbons (Fsp3) is 0.667. The Morgan fingerprint density at radius 1 is 1.22 bits per heavy atom. The van der Waals surface area contributed by atoms with E-state index in [0.717, 1.165) is 18.4 Å². The number of carbonyl (C=O) groups is 3. The van der Waals surface area contributed by atoms with Crippen molar-refractivity contribution in [1.29, 1.82) is 0 Å². The number of ether oxygens (including phenoxy) is 2. The van der Waals surface area contributed by atoms with Crippen LogP contribution in [0.15, 0.2) is 18.2 Å². The molecular weight excluding hydrogens is 484 g/mol. The van der Waals surface area contributed by atoms with Gasteiger partial charge in [0.15, 0.2) is 0 Å². The van der Waals surface area contributed by atoms with Gasteiger partial charge >= 0.3 is 5.97 Å². The number of hydrogen-bond acceptors (Lipinski definition) is 6. The predicted molar refractivity (Wildman–Crippen MR) is 136 cm³/mol. The highest BCUT2D eigenvalue weighted by Crippen LogP contribution is 2.64. The van der Waals surface area contributed by atoms with Gasteiger partial charge in [-0.2, -0.15) is 0 Å². The molecule has 3 aliphatic rings. The van der Waals surface area contributed by atoms with Gasteiger partial charge in [-0.25, -0.2) is 0 Å². The van der Waals surface area contributed by atoms with Crippen molar-refractivity contribution in [3.05, 3.63) is 28.8 Å². The summed E-state index contributed by atoms with van der Waals surface area (Å²) in [6, 6.07) is 4.51. The molecule has 5 atom stereocenters. The molecule has 3 heterocycles. The predicted octanol–water partition coefficient (Wildman–Crippen LogP) is 3.86. The van der Waals surface area contributed by atoms with Gasteiger partial charge < -0.3 is 24.8 Å². The van der Waals surface area contributed by atoms with Crippen molar-refractivity contribution in [3.63, 3.8) is 0 Å². The molecule has 1 aromatic rings. The van der Waals surface area contributed by atoms with Crippen LogP contribution in [0.3, 0.4) is 0 Å². The third kappa shape index (κ3) is 4.31. The van der Waals surface area contributed by atoms with Crippen molar-refractivity contribution < 1.29 is 29.0 Å². The monoisotopic (exact) mass is 520 g/mol. The molecule has 2 unspecified atom stereocenters. The zero-order valence-electron chi connectivity index (χ0n) is 21.3. The molecule has 9 heteroatoms. The standard InChI is InChI=1S/C27H37ClN2O6/c1-4-26-13-14-27(36-26)19(20(26)25(34)35-5-2)24(33)30(15-8-6-7-9-16-31)22(27)23(32)29-21-17(3)11-10-12-18(21)28/h10-12,19-20,22,31H,4-9,13-16H2,1-3H3,(H,29,32)/t19-,20+,22?,26-,27?/m0/s1. The summed E-state index contributed by atoms with van der Waals surface area (Å²) in [5.41, 5.74) is -0.567. The Morgan fingerprint density at radius 2 is 1.97 bits per heavy atom. The van der Waals surface area contributed by atoms with Crippen LogP contribution in [0.1, 0.15) is 64.4 Å². The van der Waals surface area contributed by atoms with Crippen LogP contribution >= 0.6 is 11.6 Å². The summed E-state index contributed by atoms with van der Waals surface area (Å²) in [6.07, 6.45) is 4.71. The fourth-order valence-corrected chi connectivity index (χ4v) is 6.85. The highest BCUT2D eigenvalue weighted by molar-refractivity contribution is 6.34. The number of nitrogens with zero attached hydrogens (tertiary/aromatic N) is 1. The summed E-state index contributed by atoms with van der Waals surface area (Å²) in [7, 11) is 0. The molecule has 0 saturated carbocycles. The number of amides is 2. The second kappa shape index (κ2) is 10.7. The molecule has 198 valence electrons. The number of aliphatic hydroxyl groups is 1. The van der Waals surface area contributed by atoms with Crippen molar-refractivity contribution in [2.45, 2.75) is 83.0 Å². The number of hydrogen-bond donors (Lipinski definition) is 2. The molecule has 3 aliphatic heterocycles. The molecule has 0 aliphatic carbocycles. The smallest absolute Gasteiger partial charge is 0.312 e.